The van der Waals surface area contributed by atoms with Crippen LogP contribution < -0.4 is 12.1 Å². The maximum atomic E-state index is 8.56. The van der Waals surface area contributed by atoms with Crippen molar-refractivity contribution < 1.29 is 80.3 Å². The van der Waals surface area contributed by atoms with E-state index in [0.717, 1.165) is 0 Å². The molecular weight excluding hydrogens is 328 g/mol. The molecule has 0 aromatic rings. The third kappa shape index (κ3) is 2040. The van der Waals surface area contributed by atoms with Crippen molar-refractivity contribution >= 4 is 9.90 Å². The van der Waals surface area contributed by atoms with Gasteiger partial charge in [0.15, 0.2) is 0 Å². The fourth-order valence-corrected chi connectivity index (χ4v) is 0. The van der Waals surface area contributed by atoms with Crippen molar-refractivity contribution in [2.45, 2.75) is 0 Å². The Morgan fingerprint density at radius 3 is 0.538 bits per heavy atom. The van der Waals surface area contributed by atoms with Gasteiger partial charge in [0.2, 0.25) is 0 Å². The van der Waals surface area contributed by atoms with Crippen LogP contribution in [0.15, 0.2) is 0 Å². The van der Waals surface area contributed by atoms with Crippen LogP contribution in [0.5, 0.6) is 0 Å². The molecule has 0 fully saturated rings. The zero-order valence-corrected chi connectivity index (χ0v) is 9.21. The Labute approximate surface area is 89.9 Å². The second kappa shape index (κ2) is 18.6. The van der Waals surface area contributed by atoms with Crippen molar-refractivity contribution in [2.24, 2.45) is 0 Å². The Morgan fingerprint density at radius 2 is 0.538 bits per heavy atom. The van der Waals surface area contributed by atoms with Gasteiger partial charge >= 0.3 is 80.3 Å². The van der Waals surface area contributed by atoms with Crippen LogP contribution in [-0.2, 0) is 68.2 Å². The van der Waals surface area contributed by atoms with Crippen LogP contribution in [0.25, 0.3) is 0 Å². The molecule has 0 aliphatic rings. The summed E-state index contributed by atoms with van der Waals surface area (Å²) >= 11 is -11.8. The van der Waals surface area contributed by atoms with Crippen LogP contribution in [0.3, 0.4) is 0 Å². The molecule has 0 aromatic carbocycles. The first-order valence-corrected chi connectivity index (χ1v) is 6.77. The maximum Gasteiger partial charge on any atom is -0.295 e. The summed E-state index contributed by atoms with van der Waals surface area (Å²) in [6, 6.07) is 0. The monoisotopic (exact) mass is 334 g/mol. The summed E-state index contributed by atoms with van der Waals surface area (Å²) in [5.74, 6) is 0. The number of hydrogen-bond acceptors (Lipinski definition) is 9. The summed E-state index contributed by atoms with van der Waals surface area (Å²) in [5, 5.41) is 0. The van der Waals surface area contributed by atoms with Gasteiger partial charge in [-0.25, -0.2) is 0 Å². The Balaban J connectivity index is -0.0000000450. The Kier molecular flexibility index (Phi) is 33.8. The molecule has 0 spiro atoms. The van der Waals surface area contributed by atoms with Gasteiger partial charge in [0, 0.05) is 0 Å². The summed E-state index contributed by atoms with van der Waals surface area (Å²) < 4.78 is 77.1. The van der Waals surface area contributed by atoms with E-state index in [1.54, 1.807) is 0 Å². The Hall–Kier alpha value is 0.863. The molecule has 13 heteroatoms. The van der Waals surface area contributed by atoms with Gasteiger partial charge in [-0.2, -0.15) is 0 Å². The molecule has 0 rings (SSSR count). The fourth-order valence-electron chi connectivity index (χ4n) is 0. The predicted molar refractivity (Wildman–Crippen MR) is 19.4 cm³/mol. The van der Waals surface area contributed by atoms with Crippen LogP contribution in [0.1, 0.15) is 0 Å². The van der Waals surface area contributed by atoms with Crippen LogP contribution >= 0.6 is 9.90 Å². The van der Waals surface area contributed by atoms with Crippen molar-refractivity contribution in [3.63, 3.8) is 0 Å². The minimum Gasteiger partial charge on any atom is -0.295 e. The van der Waals surface area contributed by atoms with Crippen LogP contribution in [0.4, 0.5) is 0 Å². The van der Waals surface area contributed by atoms with E-state index in [1.165, 1.54) is 0 Å². The first-order valence-electron chi connectivity index (χ1n) is 1.64. The molecule has 0 saturated heterocycles. The van der Waals surface area contributed by atoms with Gasteiger partial charge in [-0.05, 0) is 0 Å². The van der Waals surface area contributed by atoms with Gasteiger partial charge < -0.3 is 0 Å². The average molecular weight is 334 g/mol. The second-order valence-corrected chi connectivity index (χ2v) is 2.77. The van der Waals surface area contributed by atoms with Gasteiger partial charge in [0.25, 0.3) is 0 Å². The zero-order valence-electron chi connectivity index (χ0n) is 5.02. The predicted octanol–water partition coefficient (Wildman–Crippen LogP) is -5.03. The number of hydrogen-bond donors (Lipinski definition) is 0. The molecule has 0 bridgehead atoms. The van der Waals surface area contributed by atoms with E-state index in [2.05, 4.69) is 0 Å². The summed E-state index contributed by atoms with van der Waals surface area (Å²) in [6.45, 7) is 0. The van der Waals surface area contributed by atoms with E-state index in [4.69, 9.17) is 34.1 Å². The minimum absolute atomic E-state index is 0. The van der Waals surface area contributed by atoms with E-state index >= 15 is 0 Å². The van der Waals surface area contributed by atoms with Crippen molar-refractivity contribution in [3.05, 3.63) is 0 Å². The Morgan fingerprint density at radius 1 is 0.538 bits per heavy atom. The topological polar surface area (TPSA) is 172 Å². The normalized spacial score (nSPS) is 5.77. The molecule has 0 N–H and O–H groups in total. The van der Waals surface area contributed by atoms with Gasteiger partial charge in [-0.1, -0.05) is 0 Å². The zero-order chi connectivity index (χ0) is 10.7. The third-order valence-corrected chi connectivity index (χ3v) is 0. The second-order valence-electron chi connectivity index (χ2n) is 0.671. The van der Waals surface area contributed by atoms with E-state index in [1.807, 2.05) is 0 Å². The molecule has 80 valence electrons. The third-order valence-electron chi connectivity index (χ3n) is 0. The summed E-state index contributed by atoms with van der Waals surface area (Å²) in [4.78, 5) is 0. The summed E-state index contributed by atoms with van der Waals surface area (Å²) in [6.07, 6.45) is 0. The summed E-state index contributed by atoms with van der Waals surface area (Å²) in [7, 11) is 0. The molecule has 0 radical (unpaired) electrons. The minimum atomic E-state index is -3.94. The molecule has 0 aliphatic carbocycles. The van der Waals surface area contributed by atoms with Crippen molar-refractivity contribution in [3.8, 4) is 0 Å². The maximum absolute atomic E-state index is 8.56. The van der Waals surface area contributed by atoms with Crippen molar-refractivity contribution in [1.29, 1.82) is 0 Å². The number of rotatable bonds is 0. The standard InChI is InChI=1S/9O.H6P.3V/h;;;;;;;;;1H6;;;/q;;;;;;3*-1;+3;;;. The molecule has 0 saturated carbocycles. The van der Waals surface area contributed by atoms with Crippen molar-refractivity contribution in [2.75, 3.05) is 0 Å². The molecule has 0 aromatic heterocycles. The summed E-state index contributed by atoms with van der Waals surface area (Å²) in [5.41, 5.74) is 0. The Bertz CT molecular complexity index is 208. The molecule has 0 amide bonds. The van der Waals surface area contributed by atoms with E-state index in [9.17, 15) is 0 Å². The molecule has 13 heavy (non-hydrogen) atoms. The smallest absolute Gasteiger partial charge is 0.295 e. The SMILES string of the molecule is [O]=[V](=[O])[O-].[O]=[V](=[O])[O-].[O]=[V](=[O])[O-].[PH6+3]. The first kappa shape index (κ1) is 23.6. The molecule has 0 aliphatic heterocycles. The van der Waals surface area contributed by atoms with Crippen LogP contribution in [-0.4, -0.2) is 0 Å². The molecule has 0 unspecified atom stereocenters. The average Bonchev–Trinajstić information content (AvgIpc) is 1.54. The van der Waals surface area contributed by atoms with Gasteiger partial charge in [-0.15, -0.1) is 0 Å². The van der Waals surface area contributed by atoms with Gasteiger partial charge in [-0.3, -0.25) is 9.90 Å². The first-order chi connectivity index (χ1) is 5.20. The largest absolute Gasteiger partial charge is 0.295 e. The van der Waals surface area contributed by atoms with Crippen LogP contribution in [0, 0.1) is 0 Å². The van der Waals surface area contributed by atoms with E-state index in [-0.39, 0.29) is 9.90 Å². The van der Waals surface area contributed by atoms with Gasteiger partial charge in [0.1, 0.15) is 0 Å². The van der Waals surface area contributed by atoms with Crippen LogP contribution in [0.2, 0.25) is 0 Å². The quantitative estimate of drug-likeness (QED) is 0.393. The molecular formula is H6O9PV3. The van der Waals surface area contributed by atoms with Crippen molar-refractivity contribution in [1.82, 2.24) is 0 Å². The molecule has 0 heterocycles. The van der Waals surface area contributed by atoms with Gasteiger partial charge in [0.05, 0.1) is 0 Å². The van der Waals surface area contributed by atoms with E-state index in [0.29, 0.717) is 0 Å². The van der Waals surface area contributed by atoms with E-state index < -0.39 is 46.2 Å². The fraction of sp³-hybridized carbons (Fsp3) is 0. The molecule has 0 atom stereocenters. The molecule has 9 nitrogen and oxygen atoms in total.